The van der Waals surface area contributed by atoms with Crippen LogP contribution in [-0.4, -0.2) is 0 Å². The van der Waals surface area contributed by atoms with Crippen molar-refractivity contribution in [2.24, 2.45) is 5.73 Å². The minimum absolute atomic E-state index is 0.541. The first-order valence-corrected chi connectivity index (χ1v) is 4.68. The van der Waals surface area contributed by atoms with Gasteiger partial charge in [0.05, 0.1) is 12.8 Å². The number of nitrogens with two attached hydrogens (primary N) is 1. The standard InChI is InChI=1S/C10H15NO/c11-7-10-9(5-6-12-10)8-3-1-2-4-8/h5-6,8H,1-4,7,11H2. The third-order valence-electron chi connectivity index (χ3n) is 2.76. The van der Waals surface area contributed by atoms with E-state index in [1.165, 1.54) is 31.2 Å². The average Bonchev–Trinajstić information content (AvgIpc) is 2.74. The van der Waals surface area contributed by atoms with Crippen LogP contribution in [0.4, 0.5) is 0 Å². The highest BCUT2D eigenvalue weighted by Crippen LogP contribution is 2.35. The second kappa shape index (κ2) is 3.31. The van der Waals surface area contributed by atoms with Gasteiger partial charge in [-0.2, -0.15) is 0 Å². The van der Waals surface area contributed by atoms with Crippen molar-refractivity contribution in [1.29, 1.82) is 0 Å². The van der Waals surface area contributed by atoms with Crippen LogP contribution in [0.5, 0.6) is 0 Å². The Morgan fingerprint density at radius 3 is 2.83 bits per heavy atom. The van der Waals surface area contributed by atoms with Crippen LogP contribution in [0.1, 0.15) is 42.9 Å². The molecule has 0 atom stereocenters. The summed E-state index contributed by atoms with van der Waals surface area (Å²) in [7, 11) is 0. The van der Waals surface area contributed by atoms with E-state index < -0.39 is 0 Å². The third-order valence-corrected chi connectivity index (χ3v) is 2.76. The van der Waals surface area contributed by atoms with Gasteiger partial charge in [-0.25, -0.2) is 0 Å². The smallest absolute Gasteiger partial charge is 0.120 e. The summed E-state index contributed by atoms with van der Waals surface area (Å²) in [4.78, 5) is 0. The predicted octanol–water partition coefficient (Wildman–Crippen LogP) is 2.40. The molecule has 1 saturated carbocycles. The topological polar surface area (TPSA) is 39.2 Å². The van der Waals surface area contributed by atoms with E-state index in [4.69, 9.17) is 10.2 Å². The summed E-state index contributed by atoms with van der Waals surface area (Å²) in [5.74, 6) is 1.71. The zero-order valence-corrected chi connectivity index (χ0v) is 7.25. The molecule has 0 unspecified atom stereocenters. The Balaban J connectivity index is 2.19. The summed E-state index contributed by atoms with van der Waals surface area (Å²) >= 11 is 0. The summed E-state index contributed by atoms with van der Waals surface area (Å²) in [6.45, 7) is 0.541. The zero-order chi connectivity index (χ0) is 8.39. The summed E-state index contributed by atoms with van der Waals surface area (Å²) in [5.41, 5.74) is 6.93. The number of hydrogen-bond acceptors (Lipinski definition) is 2. The van der Waals surface area contributed by atoms with Gasteiger partial charge in [0.2, 0.25) is 0 Å². The van der Waals surface area contributed by atoms with Crippen LogP contribution >= 0.6 is 0 Å². The van der Waals surface area contributed by atoms with Crippen LogP contribution in [0.2, 0.25) is 0 Å². The lowest BCUT2D eigenvalue weighted by Crippen LogP contribution is -2.00. The van der Waals surface area contributed by atoms with E-state index in [-0.39, 0.29) is 0 Å². The molecule has 1 aromatic heterocycles. The van der Waals surface area contributed by atoms with Gasteiger partial charge in [0, 0.05) is 0 Å². The van der Waals surface area contributed by atoms with E-state index >= 15 is 0 Å². The molecule has 2 heteroatoms. The van der Waals surface area contributed by atoms with Gasteiger partial charge in [0.1, 0.15) is 5.76 Å². The molecule has 0 aliphatic heterocycles. The SMILES string of the molecule is NCc1occc1C1CCCC1. The predicted molar refractivity (Wildman–Crippen MR) is 47.8 cm³/mol. The van der Waals surface area contributed by atoms with Gasteiger partial charge in [-0.15, -0.1) is 0 Å². The van der Waals surface area contributed by atoms with E-state index in [9.17, 15) is 0 Å². The first-order chi connectivity index (χ1) is 5.92. The molecule has 2 nitrogen and oxygen atoms in total. The van der Waals surface area contributed by atoms with Crippen molar-refractivity contribution in [3.63, 3.8) is 0 Å². The number of rotatable bonds is 2. The Hall–Kier alpha value is -0.760. The van der Waals surface area contributed by atoms with E-state index in [2.05, 4.69) is 6.07 Å². The van der Waals surface area contributed by atoms with Crippen LogP contribution in [0, 0.1) is 0 Å². The van der Waals surface area contributed by atoms with Crippen LogP contribution < -0.4 is 5.73 Å². The quantitative estimate of drug-likeness (QED) is 0.730. The Morgan fingerprint density at radius 1 is 1.42 bits per heavy atom. The maximum absolute atomic E-state index is 5.57. The van der Waals surface area contributed by atoms with Crippen molar-refractivity contribution in [2.75, 3.05) is 0 Å². The van der Waals surface area contributed by atoms with Gasteiger partial charge < -0.3 is 10.2 Å². The molecule has 0 bridgehead atoms. The average molecular weight is 165 g/mol. The Morgan fingerprint density at radius 2 is 2.17 bits per heavy atom. The maximum Gasteiger partial charge on any atom is 0.120 e. The van der Waals surface area contributed by atoms with Gasteiger partial charge in [0.25, 0.3) is 0 Å². The molecule has 2 rings (SSSR count). The first kappa shape index (κ1) is 7.87. The van der Waals surface area contributed by atoms with E-state index in [1.807, 2.05) is 0 Å². The second-order valence-corrected chi connectivity index (χ2v) is 3.48. The van der Waals surface area contributed by atoms with Gasteiger partial charge in [0.15, 0.2) is 0 Å². The molecule has 1 fully saturated rings. The minimum Gasteiger partial charge on any atom is -0.468 e. The van der Waals surface area contributed by atoms with Crippen LogP contribution in [-0.2, 0) is 6.54 Å². The van der Waals surface area contributed by atoms with Crippen molar-refractivity contribution in [2.45, 2.75) is 38.1 Å². The summed E-state index contributed by atoms with van der Waals surface area (Å²) in [6.07, 6.45) is 7.11. The van der Waals surface area contributed by atoms with Crippen LogP contribution in [0.3, 0.4) is 0 Å². The van der Waals surface area contributed by atoms with Gasteiger partial charge in [-0.05, 0) is 30.4 Å². The highest BCUT2D eigenvalue weighted by atomic mass is 16.3. The second-order valence-electron chi connectivity index (χ2n) is 3.48. The molecule has 1 aliphatic rings. The Kier molecular flexibility index (Phi) is 2.17. The molecule has 1 aromatic rings. The fourth-order valence-electron chi connectivity index (χ4n) is 2.12. The highest BCUT2D eigenvalue weighted by Gasteiger charge is 2.20. The molecule has 66 valence electrons. The minimum atomic E-state index is 0.541. The molecule has 0 saturated heterocycles. The molecule has 0 amide bonds. The van der Waals surface area contributed by atoms with Crippen LogP contribution in [0.25, 0.3) is 0 Å². The van der Waals surface area contributed by atoms with Crippen molar-refractivity contribution < 1.29 is 4.42 Å². The molecule has 0 radical (unpaired) electrons. The van der Waals surface area contributed by atoms with Crippen molar-refractivity contribution in [1.82, 2.24) is 0 Å². The summed E-state index contributed by atoms with van der Waals surface area (Å²) < 4.78 is 5.30. The maximum atomic E-state index is 5.57. The lowest BCUT2D eigenvalue weighted by Gasteiger charge is -2.07. The number of hydrogen-bond donors (Lipinski definition) is 1. The van der Waals surface area contributed by atoms with E-state index in [0.29, 0.717) is 6.54 Å². The van der Waals surface area contributed by atoms with Crippen molar-refractivity contribution in [3.05, 3.63) is 23.7 Å². The monoisotopic (exact) mass is 165 g/mol. The third kappa shape index (κ3) is 1.27. The van der Waals surface area contributed by atoms with Crippen molar-refractivity contribution in [3.8, 4) is 0 Å². The molecular formula is C10H15NO. The molecule has 1 heterocycles. The Labute approximate surface area is 72.7 Å². The lowest BCUT2D eigenvalue weighted by molar-refractivity contribution is 0.501. The summed E-state index contributed by atoms with van der Waals surface area (Å²) in [5, 5.41) is 0. The molecule has 0 spiro atoms. The molecule has 12 heavy (non-hydrogen) atoms. The van der Waals surface area contributed by atoms with Gasteiger partial charge >= 0.3 is 0 Å². The highest BCUT2D eigenvalue weighted by molar-refractivity contribution is 5.22. The van der Waals surface area contributed by atoms with E-state index in [0.717, 1.165) is 11.7 Å². The van der Waals surface area contributed by atoms with Gasteiger partial charge in [-0.1, -0.05) is 12.8 Å². The normalized spacial score (nSPS) is 18.8. The van der Waals surface area contributed by atoms with Crippen molar-refractivity contribution >= 4 is 0 Å². The first-order valence-electron chi connectivity index (χ1n) is 4.68. The Bertz CT molecular complexity index is 248. The van der Waals surface area contributed by atoms with Crippen LogP contribution in [0.15, 0.2) is 16.7 Å². The molecular weight excluding hydrogens is 150 g/mol. The van der Waals surface area contributed by atoms with Gasteiger partial charge in [-0.3, -0.25) is 0 Å². The fraction of sp³-hybridized carbons (Fsp3) is 0.600. The number of furan rings is 1. The largest absolute Gasteiger partial charge is 0.468 e. The summed E-state index contributed by atoms with van der Waals surface area (Å²) in [6, 6.07) is 2.08. The lowest BCUT2D eigenvalue weighted by atomic mass is 9.98. The molecule has 2 N–H and O–H groups in total. The molecule has 0 aromatic carbocycles. The fourth-order valence-corrected chi connectivity index (χ4v) is 2.12. The molecule has 1 aliphatic carbocycles. The zero-order valence-electron chi connectivity index (χ0n) is 7.25. The van der Waals surface area contributed by atoms with E-state index in [1.54, 1.807) is 6.26 Å².